The summed E-state index contributed by atoms with van der Waals surface area (Å²) in [6, 6.07) is 0. The van der Waals surface area contributed by atoms with E-state index in [1.807, 2.05) is 0 Å². The molecule has 0 aromatic rings. The summed E-state index contributed by atoms with van der Waals surface area (Å²) in [5.74, 6) is 0.268. The second-order valence-corrected chi connectivity index (χ2v) is 9.20. The maximum absolute atomic E-state index is 12.0. The molecular weight excluding hydrogens is 386 g/mol. The van der Waals surface area contributed by atoms with Crippen LogP contribution in [0.5, 0.6) is 0 Å². The summed E-state index contributed by atoms with van der Waals surface area (Å²) in [4.78, 5) is 13.3. The van der Waals surface area contributed by atoms with Crippen LogP contribution in [0.25, 0.3) is 0 Å². The van der Waals surface area contributed by atoms with Gasteiger partial charge < -0.3 is 15.1 Å². The van der Waals surface area contributed by atoms with Crippen LogP contribution in [0, 0.1) is 0 Å². The van der Waals surface area contributed by atoms with Crippen LogP contribution in [0.15, 0.2) is 11.5 Å². The summed E-state index contributed by atoms with van der Waals surface area (Å²) in [6.07, 6.45) is 19.4. The molecule has 6 heteroatoms. The van der Waals surface area contributed by atoms with E-state index in [-0.39, 0.29) is 32.2 Å². The Morgan fingerprint density at radius 3 is 1.59 bits per heavy atom. The minimum atomic E-state index is -1.13. The summed E-state index contributed by atoms with van der Waals surface area (Å²) in [5, 5.41) is 19.3. The third-order valence-electron chi connectivity index (χ3n) is 5.11. The highest BCUT2D eigenvalue weighted by atomic mass is 32.2. The lowest BCUT2D eigenvalue weighted by molar-refractivity contribution is -0.127. The van der Waals surface area contributed by atoms with E-state index in [4.69, 9.17) is 10.2 Å². The fourth-order valence-corrected chi connectivity index (χ4v) is 4.21. The largest absolute Gasteiger partial charge is 0.395 e. The van der Waals surface area contributed by atoms with Gasteiger partial charge in [0.2, 0.25) is 5.91 Å². The average Bonchev–Trinajstić information content (AvgIpc) is 2.72. The topological polar surface area (TPSA) is 77.8 Å². The molecular formula is C23H45NO4S. The van der Waals surface area contributed by atoms with Crippen molar-refractivity contribution in [3.8, 4) is 0 Å². The molecule has 0 heterocycles. The number of amides is 1. The van der Waals surface area contributed by atoms with Gasteiger partial charge in [-0.1, -0.05) is 90.4 Å². The molecule has 0 saturated heterocycles. The number of carbonyl (C=O) groups is 1. The third-order valence-corrected chi connectivity index (χ3v) is 6.24. The van der Waals surface area contributed by atoms with Crippen LogP contribution in [0.3, 0.4) is 0 Å². The zero-order chi connectivity index (χ0) is 21.6. The van der Waals surface area contributed by atoms with Crippen molar-refractivity contribution in [2.45, 2.75) is 96.8 Å². The lowest BCUT2D eigenvalue weighted by Crippen LogP contribution is -2.34. The quantitative estimate of drug-likeness (QED) is 0.206. The van der Waals surface area contributed by atoms with Crippen molar-refractivity contribution in [2.24, 2.45) is 0 Å². The van der Waals surface area contributed by atoms with Crippen LogP contribution in [-0.2, 0) is 15.6 Å². The molecule has 0 aliphatic carbocycles. The number of rotatable bonds is 21. The first kappa shape index (κ1) is 28.3. The van der Waals surface area contributed by atoms with E-state index in [0.717, 1.165) is 12.8 Å². The summed E-state index contributed by atoms with van der Waals surface area (Å²) in [7, 11) is -1.13. The fourth-order valence-electron chi connectivity index (χ4n) is 3.32. The third kappa shape index (κ3) is 19.0. The standard InChI is InChI=1S/C23H45NO4S/c1-2-3-4-5-6-7-8-9-10-11-12-13-14-15-21-29(28)22-16-23(27)24(17-19-25)18-20-26/h16,22,25-26H,2-15,17-21H2,1H3. The monoisotopic (exact) mass is 431 g/mol. The van der Waals surface area contributed by atoms with E-state index < -0.39 is 10.8 Å². The van der Waals surface area contributed by atoms with E-state index in [1.165, 1.54) is 93.4 Å². The van der Waals surface area contributed by atoms with Gasteiger partial charge >= 0.3 is 0 Å². The molecule has 0 aromatic heterocycles. The van der Waals surface area contributed by atoms with Crippen molar-refractivity contribution in [3.63, 3.8) is 0 Å². The number of aliphatic hydroxyl groups excluding tert-OH is 2. The SMILES string of the molecule is CCCCCCCCCCCCCCCCS(=O)C=CC(=O)N(CCO)CCO. The Morgan fingerprint density at radius 2 is 1.17 bits per heavy atom. The Hall–Kier alpha value is -0.720. The highest BCUT2D eigenvalue weighted by Crippen LogP contribution is 2.13. The highest BCUT2D eigenvalue weighted by molar-refractivity contribution is 7.87. The van der Waals surface area contributed by atoms with Gasteiger partial charge in [0.15, 0.2) is 0 Å². The van der Waals surface area contributed by atoms with Crippen LogP contribution in [0.2, 0.25) is 0 Å². The highest BCUT2D eigenvalue weighted by Gasteiger charge is 2.09. The molecule has 5 nitrogen and oxygen atoms in total. The predicted octanol–water partition coefficient (Wildman–Crippen LogP) is 4.54. The number of unbranched alkanes of at least 4 members (excludes halogenated alkanes) is 13. The van der Waals surface area contributed by atoms with E-state index in [9.17, 15) is 9.00 Å². The van der Waals surface area contributed by atoms with Crippen molar-refractivity contribution in [1.82, 2.24) is 4.90 Å². The summed E-state index contributed by atoms with van der Waals surface area (Å²) in [6.45, 7) is 2.31. The molecule has 0 saturated carbocycles. The molecule has 29 heavy (non-hydrogen) atoms. The molecule has 0 radical (unpaired) electrons. The van der Waals surface area contributed by atoms with Crippen LogP contribution < -0.4 is 0 Å². The van der Waals surface area contributed by atoms with Crippen LogP contribution in [0.1, 0.15) is 96.8 Å². The van der Waals surface area contributed by atoms with E-state index >= 15 is 0 Å². The van der Waals surface area contributed by atoms with Crippen molar-refractivity contribution >= 4 is 16.7 Å². The number of aliphatic hydroxyl groups is 2. The van der Waals surface area contributed by atoms with Gasteiger partial charge in [-0.15, -0.1) is 0 Å². The Balaban J connectivity index is 3.54. The normalized spacial score (nSPS) is 12.5. The Morgan fingerprint density at radius 1 is 0.759 bits per heavy atom. The molecule has 172 valence electrons. The second-order valence-electron chi connectivity index (χ2n) is 7.76. The number of nitrogens with zero attached hydrogens (tertiary/aromatic N) is 1. The molecule has 1 amide bonds. The number of carbonyl (C=O) groups excluding carboxylic acids is 1. The maximum Gasteiger partial charge on any atom is 0.247 e. The molecule has 0 aliphatic rings. The Kier molecular flexibility index (Phi) is 21.4. The molecule has 1 atom stereocenters. The summed E-state index contributed by atoms with van der Waals surface area (Å²) in [5.41, 5.74) is 0. The van der Waals surface area contributed by atoms with Gasteiger partial charge in [-0.3, -0.25) is 9.00 Å². The molecule has 0 aromatic carbocycles. The Labute approximate surface area is 181 Å². The molecule has 0 aliphatic heterocycles. The van der Waals surface area contributed by atoms with Crippen molar-refractivity contribution in [3.05, 3.63) is 11.5 Å². The smallest absolute Gasteiger partial charge is 0.247 e. The van der Waals surface area contributed by atoms with Gasteiger partial charge in [0, 0.05) is 41.1 Å². The van der Waals surface area contributed by atoms with Crippen LogP contribution in [0.4, 0.5) is 0 Å². The van der Waals surface area contributed by atoms with Gasteiger partial charge in [-0.2, -0.15) is 0 Å². The van der Waals surface area contributed by atoms with Gasteiger partial charge in [0.05, 0.1) is 13.2 Å². The van der Waals surface area contributed by atoms with Crippen molar-refractivity contribution in [1.29, 1.82) is 0 Å². The molecule has 0 spiro atoms. The van der Waals surface area contributed by atoms with Crippen molar-refractivity contribution in [2.75, 3.05) is 32.1 Å². The molecule has 0 bridgehead atoms. The number of hydrogen-bond acceptors (Lipinski definition) is 4. The van der Waals surface area contributed by atoms with Gasteiger partial charge in [-0.25, -0.2) is 0 Å². The second kappa shape index (κ2) is 22.0. The molecule has 2 N–H and O–H groups in total. The average molecular weight is 432 g/mol. The maximum atomic E-state index is 12.0. The zero-order valence-corrected chi connectivity index (χ0v) is 19.5. The summed E-state index contributed by atoms with van der Waals surface area (Å²) >= 11 is 0. The first-order valence-electron chi connectivity index (χ1n) is 11.7. The summed E-state index contributed by atoms with van der Waals surface area (Å²) < 4.78 is 12.0. The van der Waals surface area contributed by atoms with Crippen LogP contribution in [-0.4, -0.2) is 57.3 Å². The number of hydrogen-bond donors (Lipinski definition) is 2. The minimum absolute atomic E-state index is 0.151. The van der Waals surface area contributed by atoms with E-state index in [1.54, 1.807) is 0 Å². The molecule has 0 rings (SSSR count). The van der Waals surface area contributed by atoms with E-state index in [2.05, 4.69) is 6.92 Å². The molecule has 0 fully saturated rings. The van der Waals surface area contributed by atoms with E-state index in [0.29, 0.717) is 5.75 Å². The van der Waals surface area contributed by atoms with Gasteiger partial charge in [-0.05, 0) is 6.42 Å². The lowest BCUT2D eigenvalue weighted by Gasteiger charge is -2.18. The van der Waals surface area contributed by atoms with Crippen LogP contribution >= 0.6 is 0 Å². The van der Waals surface area contributed by atoms with Crippen molar-refractivity contribution < 1.29 is 19.2 Å². The lowest BCUT2D eigenvalue weighted by atomic mass is 10.0. The first-order chi connectivity index (χ1) is 14.2. The first-order valence-corrected chi connectivity index (χ1v) is 13.1. The minimum Gasteiger partial charge on any atom is -0.395 e. The van der Waals surface area contributed by atoms with Gasteiger partial charge in [0.25, 0.3) is 0 Å². The van der Waals surface area contributed by atoms with Gasteiger partial charge in [0.1, 0.15) is 0 Å². The fraction of sp³-hybridized carbons (Fsp3) is 0.870. The molecule has 1 unspecified atom stereocenters. The predicted molar refractivity (Wildman–Crippen MR) is 123 cm³/mol. The zero-order valence-electron chi connectivity index (χ0n) is 18.7. The Bertz CT molecular complexity index is 423.